The number of pyridine rings is 1. The van der Waals surface area contributed by atoms with Crippen LogP contribution in [0.1, 0.15) is 22.5 Å². The average molecular weight is 402 g/mol. The fourth-order valence-electron chi connectivity index (χ4n) is 3.62. The lowest BCUT2D eigenvalue weighted by atomic mass is 10.2. The van der Waals surface area contributed by atoms with Gasteiger partial charge in [0.2, 0.25) is 0 Å². The molecule has 0 aromatic carbocycles. The molecular formula is C20H27N5O2S. The molecule has 2 fully saturated rings. The quantitative estimate of drug-likeness (QED) is 0.659. The van der Waals surface area contributed by atoms with E-state index in [4.69, 9.17) is 4.74 Å². The van der Waals surface area contributed by atoms with Crippen LogP contribution in [0.5, 0.6) is 0 Å². The number of carbonyl (C=O) groups excluding carboxylic acids is 1. The zero-order chi connectivity index (χ0) is 19.2. The number of aromatic nitrogens is 2. The van der Waals surface area contributed by atoms with Crippen molar-refractivity contribution in [3.8, 4) is 0 Å². The third kappa shape index (κ3) is 4.87. The molecule has 2 saturated heterocycles. The van der Waals surface area contributed by atoms with Crippen molar-refractivity contribution < 1.29 is 9.53 Å². The number of anilines is 2. The first-order valence-corrected chi connectivity index (χ1v) is 10.8. The Hall–Kier alpha value is -2.03. The Balaban J connectivity index is 1.24. The number of piperazine rings is 1. The summed E-state index contributed by atoms with van der Waals surface area (Å²) < 4.78 is 5.36. The Labute approximate surface area is 169 Å². The normalized spacial score (nSPS) is 18.4. The molecule has 0 atom stereocenters. The van der Waals surface area contributed by atoms with Crippen LogP contribution in [0.25, 0.3) is 0 Å². The molecule has 4 rings (SSSR count). The molecule has 4 heterocycles. The van der Waals surface area contributed by atoms with Crippen molar-refractivity contribution in [1.29, 1.82) is 0 Å². The summed E-state index contributed by atoms with van der Waals surface area (Å²) in [4.78, 5) is 29.2. The summed E-state index contributed by atoms with van der Waals surface area (Å²) in [6.45, 7) is 8.16. The zero-order valence-corrected chi connectivity index (χ0v) is 16.9. The van der Waals surface area contributed by atoms with Gasteiger partial charge in [0, 0.05) is 51.9 Å². The van der Waals surface area contributed by atoms with E-state index in [1.165, 1.54) is 11.3 Å². The molecule has 0 amide bonds. The molecule has 0 radical (unpaired) electrons. The van der Waals surface area contributed by atoms with Gasteiger partial charge in [-0.2, -0.15) is 0 Å². The van der Waals surface area contributed by atoms with E-state index in [2.05, 4.69) is 24.7 Å². The highest BCUT2D eigenvalue weighted by atomic mass is 32.1. The molecule has 0 bridgehead atoms. The van der Waals surface area contributed by atoms with Crippen LogP contribution < -0.4 is 9.80 Å². The summed E-state index contributed by atoms with van der Waals surface area (Å²) in [6.07, 6.45) is 5.07. The van der Waals surface area contributed by atoms with Gasteiger partial charge in [-0.15, -0.1) is 0 Å². The number of ketones is 1. The van der Waals surface area contributed by atoms with Gasteiger partial charge in [-0.3, -0.25) is 9.69 Å². The second-order valence-electron chi connectivity index (χ2n) is 7.15. The summed E-state index contributed by atoms with van der Waals surface area (Å²) in [5.41, 5.74) is 0. The highest BCUT2D eigenvalue weighted by molar-refractivity contribution is 7.17. The van der Waals surface area contributed by atoms with Gasteiger partial charge in [-0.25, -0.2) is 9.97 Å². The first-order valence-electron chi connectivity index (χ1n) is 10.00. The number of thiazole rings is 1. The summed E-state index contributed by atoms with van der Waals surface area (Å²) >= 11 is 1.53. The third-order valence-corrected chi connectivity index (χ3v) is 6.37. The number of rotatable bonds is 7. The molecule has 150 valence electrons. The largest absolute Gasteiger partial charge is 0.379 e. The number of nitrogens with zero attached hydrogens (tertiary/aromatic N) is 5. The van der Waals surface area contributed by atoms with Crippen LogP contribution in [-0.4, -0.2) is 79.7 Å². The first-order chi connectivity index (χ1) is 13.8. The van der Waals surface area contributed by atoms with Gasteiger partial charge in [0.05, 0.1) is 24.3 Å². The van der Waals surface area contributed by atoms with E-state index in [-0.39, 0.29) is 5.78 Å². The van der Waals surface area contributed by atoms with E-state index in [1.54, 1.807) is 6.20 Å². The second-order valence-corrected chi connectivity index (χ2v) is 8.16. The van der Waals surface area contributed by atoms with E-state index in [9.17, 15) is 4.79 Å². The van der Waals surface area contributed by atoms with Crippen molar-refractivity contribution in [3.63, 3.8) is 0 Å². The minimum Gasteiger partial charge on any atom is -0.379 e. The Morgan fingerprint density at radius 3 is 2.57 bits per heavy atom. The first kappa shape index (κ1) is 19.3. The molecule has 0 unspecified atom stereocenters. The van der Waals surface area contributed by atoms with E-state index in [1.807, 2.05) is 24.4 Å². The fraction of sp³-hybridized carbons (Fsp3) is 0.550. The Morgan fingerprint density at radius 2 is 1.82 bits per heavy atom. The second kappa shape index (κ2) is 9.45. The van der Waals surface area contributed by atoms with Crippen molar-refractivity contribution in [3.05, 3.63) is 35.5 Å². The maximum Gasteiger partial charge on any atom is 0.186 e. The van der Waals surface area contributed by atoms with Gasteiger partial charge >= 0.3 is 0 Å². The fourth-order valence-corrected chi connectivity index (χ4v) is 4.55. The molecule has 2 aliphatic rings. The van der Waals surface area contributed by atoms with Crippen molar-refractivity contribution >= 4 is 28.1 Å². The van der Waals surface area contributed by atoms with Crippen LogP contribution in [0.4, 0.5) is 10.9 Å². The summed E-state index contributed by atoms with van der Waals surface area (Å²) in [5.74, 6) is 1.24. The van der Waals surface area contributed by atoms with Gasteiger partial charge in [-0.05, 0) is 25.1 Å². The highest BCUT2D eigenvalue weighted by Gasteiger charge is 2.21. The number of hydrogen-bond donors (Lipinski definition) is 0. The Morgan fingerprint density at radius 1 is 1.04 bits per heavy atom. The van der Waals surface area contributed by atoms with Gasteiger partial charge < -0.3 is 14.5 Å². The molecular weight excluding hydrogens is 374 g/mol. The number of morpholine rings is 1. The number of ether oxygens (including phenoxy) is 1. The van der Waals surface area contributed by atoms with Crippen LogP contribution in [-0.2, 0) is 4.74 Å². The van der Waals surface area contributed by atoms with Gasteiger partial charge in [0.25, 0.3) is 0 Å². The molecule has 0 N–H and O–H groups in total. The number of carbonyl (C=O) groups is 1. The minimum absolute atomic E-state index is 0.212. The van der Waals surface area contributed by atoms with Crippen molar-refractivity contribution in [1.82, 2.24) is 14.9 Å². The van der Waals surface area contributed by atoms with E-state index in [0.29, 0.717) is 6.42 Å². The monoisotopic (exact) mass is 401 g/mol. The lowest BCUT2D eigenvalue weighted by Gasteiger charge is -2.35. The SMILES string of the molecule is O=C(CCCN1CCOCC1)c1cnc(N2CCN(c3ccccn3)CC2)s1. The molecule has 28 heavy (non-hydrogen) atoms. The molecule has 0 saturated carbocycles. The number of Topliss-reactive ketones (excluding diaryl/α,β-unsaturated/α-hetero) is 1. The van der Waals surface area contributed by atoms with Crippen molar-refractivity contribution in [2.75, 3.05) is 68.8 Å². The third-order valence-electron chi connectivity index (χ3n) is 5.27. The van der Waals surface area contributed by atoms with Gasteiger partial charge in [0.15, 0.2) is 10.9 Å². The number of hydrogen-bond acceptors (Lipinski definition) is 8. The predicted octanol–water partition coefficient (Wildman–Crippen LogP) is 2.16. The highest BCUT2D eigenvalue weighted by Crippen LogP contribution is 2.25. The molecule has 8 heteroatoms. The lowest BCUT2D eigenvalue weighted by molar-refractivity contribution is 0.0371. The van der Waals surface area contributed by atoms with E-state index >= 15 is 0 Å². The molecule has 2 aromatic heterocycles. The van der Waals surface area contributed by atoms with Crippen molar-refractivity contribution in [2.24, 2.45) is 0 Å². The standard InChI is InChI=1S/C20H27N5O2S/c26-17(4-3-7-23-12-14-27-15-13-23)18-16-22-20(28-18)25-10-8-24(9-11-25)19-5-1-2-6-21-19/h1-2,5-6,16H,3-4,7-15H2. The Bertz CT molecular complexity index is 755. The van der Waals surface area contributed by atoms with E-state index in [0.717, 1.165) is 81.3 Å². The smallest absolute Gasteiger partial charge is 0.186 e. The predicted molar refractivity (Wildman–Crippen MR) is 112 cm³/mol. The molecule has 0 aliphatic carbocycles. The molecule has 7 nitrogen and oxygen atoms in total. The van der Waals surface area contributed by atoms with Crippen LogP contribution in [0.2, 0.25) is 0 Å². The minimum atomic E-state index is 0.212. The van der Waals surface area contributed by atoms with Crippen LogP contribution in [0, 0.1) is 0 Å². The molecule has 0 spiro atoms. The maximum atomic E-state index is 12.5. The van der Waals surface area contributed by atoms with Crippen molar-refractivity contribution in [2.45, 2.75) is 12.8 Å². The zero-order valence-electron chi connectivity index (χ0n) is 16.1. The van der Waals surface area contributed by atoms with Crippen LogP contribution >= 0.6 is 11.3 Å². The molecule has 2 aromatic rings. The lowest BCUT2D eigenvalue weighted by Crippen LogP contribution is -2.46. The maximum absolute atomic E-state index is 12.5. The summed E-state index contributed by atoms with van der Waals surface area (Å²) in [6, 6.07) is 6.01. The van der Waals surface area contributed by atoms with Gasteiger partial charge in [-0.1, -0.05) is 17.4 Å². The van der Waals surface area contributed by atoms with E-state index < -0.39 is 0 Å². The topological polar surface area (TPSA) is 61.8 Å². The van der Waals surface area contributed by atoms with Gasteiger partial charge in [0.1, 0.15) is 5.82 Å². The van der Waals surface area contributed by atoms with Crippen LogP contribution in [0.3, 0.4) is 0 Å². The Kier molecular flexibility index (Phi) is 6.51. The molecule has 2 aliphatic heterocycles. The average Bonchev–Trinajstić information content (AvgIpc) is 3.26. The summed E-state index contributed by atoms with van der Waals surface area (Å²) in [5, 5.41) is 0.956. The van der Waals surface area contributed by atoms with Crippen LogP contribution in [0.15, 0.2) is 30.6 Å². The summed E-state index contributed by atoms with van der Waals surface area (Å²) in [7, 11) is 0.